The summed E-state index contributed by atoms with van der Waals surface area (Å²) in [5.74, 6) is -1.72. The van der Waals surface area contributed by atoms with Crippen LogP contribution in [0.15, 0.2) is 57.1 Å². The Kier molecular flexibility index (Phi) is 10.8. The lowest BCUT2D eigenvalue weighted by Crippen LogP contribution is -2.42. The number of carboxylic acid groups (broad SMARTS) is 1. The molecule has 0 spiro atoms. The van der Waals surface area contributed by atoms with Crippen LogP contribution in [0.25, 0.3) is 0 Å². The molecule has 1 aliphatic heterocycles. The van der Waals surface area contributed by atoms with Gasteiger partial charge in [0.25, 0.3) is 21.5 Å². The first-order chi connectivity index (χ1) is 22.1. The summed E-state index contributed by atoms with van der Waals surface area (Å²) in [6.45, 7) is 9.32. The summed E-state index contributed by atoms with van der Waals surface area (Å²) in [5, 5.41) is 12.1. The van der Waals surface area contributed by atoms with Gasteiger partial charge < -0.3 is 25.9 Å². The van der Waals surface area contributed by atoms with Crippen molar-refractivity contribution in [3.63, 3.8) is 0 Å². The Morgan fingerprint density at radius 1 is 1.06 bits per heavy atom. The van der Waals surface area contributed by atoms with Crippen LogP contribution in [0.4, 0.5) is 0 Å². The molecule has 0 fully saturated rings. The normalized spacial score (nSPS) is 14.9. The van der Waals surface area contributed by atoms with Gasteiger partial charge in [-0.3, -0.25) is 14.6 Å². The number of nitrogens with zero attached hydrogens (tertiary/aromatic N) is 1. The zero-order valence-electron chi connectivity index (χ0n) is 27.4. The fraction of sp³-hybridized carbons (Fsp3) is 0.412. The van der Waals surface area contributed by atoms with Gasteiger partial charge in [0.1, 0.15) is 23.0 Å². The number of amides is 1. The second-order valence-corrected chi connectivity index (χ2v) is 14.1. The van der Waals surface area contributed by atoms with Gasteiger partial charge in [-0.15, -0.1) is 0 Å². The second-order valence-electron chi connectivity index (χ2n) is 12.5. The number of ether oxygens (including phenoxy) is 1. The Bertz CT molecular complexity index is 1850. The monoisotopic (exact) mass is 665 g/mol. The lowest BCUT2D eigenvalue weighted by Gasteiger charge is -2.35. The number of aromatic nitrogens is 1. The van der Waals surface area contributed by atoms with E-state index in [1.54, 1.807) is 19.9 Å². The molecule has 0 aliphatic carbocycles. The lowest BCUT2D eigenvalue weighted by atomic mass is 9.88. The van der Waals surface area contributed by atoms with Gasteiger partial charge in [-0.25, -0.2) is 17.9 Å². The minimum Gasteiger partial charge on any atom is -0.487 e. The van der Waals surface area contributed by atoms with Crippen molar-refractivity contribution in [2.24, 2.45) is 10.7 Å². The van der Waals surface area contributed by atoms with Crippen LogP contribution in [0.3, 0.4) is 0 Å². The molecule has 0 unspecified atom stereocenters. The number of benzene rings is 2. The largest absolute Gasteiger partial charge is 0.487 e. The molecule has 47 heavy (non-hydrogen) atoms. The van der Waals surface area contributed by atoms with E-state index in [1.807, 2.05) is 51.1 Å². The van der Waals surface area contributed by atoms with Crippen molar-refractivity contribution < 1.29 is 27.9 Å². The molecule has 252 valence electrons. The minimum atomic E-state index is -4.09. The van der Waals surface area contributed by atoms with Crippen LogP contribution >= 0.6 is 0 Å². The van der Waals surface area contributed by atoms with Gasteiger partial charge in [0.2, 0.25) is 5.96 Å². The molecule has 2 aromatic carbocycles. The van der Waals surface area contributed by atoms with Crippen LogP contribution in [0, 0.1) is 20.8 Å². The van der Waals surface area contributed by atoms with E-state index in [0.29, 0.717) is 36.1 Å². The quantitative estimate of drug-likeness (QED) is 0.110. The molecular formula is C34H43N5O7S. The van der Waals surface area contributed by atoms with Crippen molar-refractivity contribution in [1.82, 2.24) is 15.0 Å². The van der Waals surface area contributed by atoms with Crippen molar-refractivity contribution in [3.05, 3.63) is 91.9 Å². The number of carbonyl (C=O) groups excluding carboxylic acids is 1. The number of hydrogen-bond donors (Lipinski definition) is 5. The van der Waals surface area contributed by atoms with Gasteiger partial charge in [-0.1, -0.05) is 30.3 Å². The van der Waals surface area contributed by atoms with Gasteiger partial charge in [0.05, 0.1) is 4.90 Å². The zero-order chi connectivity index (χ0) is 34.5. The zero-order valence-corrected chi connectivity index (χ0v) is 28.2. The number of aryl methyl sites for hydroxylation is 2. The molecule has 12 nitrogen and oxygen atoms in total. The van der Waals surface area contributed by atoms with Crippen molar-refractivity contribution in [2.75, 3.05) is 6.54 Å². The number of pyridine rings is 1. The first-order valence-corrected chi connectivity index (χ1v) is 17.0. The second kappa shape index (κ2) is 14.4. The molecule has 3 aromatic rings. The highest BCUT2D eigenvalue weighted by Crippen LogP contribution is 2.42. The Morgan fingerprint density at radius 2 is 1.77 bits per heavy atom. The van der Waals surface area contributed by atoms with E-state index in [0.717, 1.165) is 28.9 Å². The molecule has 0 radical (unpaired) electrons. The third-order valence-corrected chi connectivity index (χ3v) is 10.1. The molecule has 1 aromatic heterocycles. The third-order valence-electron chi connectivity index (χ3n) is 8.45. The molecular weight excluding hydrogens is 622 g/mol. The number of hydrogen-bond acceptors (Lipinski definition) is 7. The van der Waals surface area contributed by atoms with Crippen molar-refractivity contribution in [2.45, 2.75) is 89.7 Å². The van der Waals surface area contributed by atoms with Gasteiger partial charge in [0, 0.05) is 12.2 Å². The van der Waals surface area contributed by atoms with Gasteiger partial charge in [-0.05, 0) is 113 Å². The van der Waals surface area contributed by atoms with E-state index >= 15 is 0 Å². The molecule has 4 rings (SSSR count). The molecule has 0 saturated carbocycles. The molecule has 0 saturated heterocycles. The number of fused-ring (bicyclic) bond motifs is 1. The fourth-order valence-corrected chi connectivity index (χ4v) is 7.25. The summed E-state index contributed by atoms with van der Waals surface area (Å²) < 4.78 is 35.4. The predicted molar refractivity (Wildman–Crippen MR) is 180 cm³/mol. The standard InChI is InChI=1S/C34H43N5O7S/c1-20-21(2)29(22(3)25-17-18-34(4,5)46-28(20)25)47(44,45)39-33(35)36-19-9-12-27(32(42)43)38-31(41)26-16-15-24(37-30(26)40)14-13-23-10-7-6-8-11-23/h6-8,10-11,15-16,27H,9,12-14,17-19H2,1-5H3,(H,37,40)(H,38,41)(H,42,43)(H3,35,36,39)/t27-/m0/s1. The van der Waals surface area contributed by atoms with E-state index in [1.165, 1.54) is 6.07 Å². The summed E-state index contributed by atoms with van der Waals surface area (Å²) in [6, 6.07) is 11.5. The number of sulfonamides is 1. The van der Waals surface area contributed by atoms with Crippen LogP contribution < -0.4 is 26.1 Å². The number of rotatable bonds is 12. The van der Waals surface area contributed by atoms with Crippen LogP contribution in [0.1, 0.15) is 77.0 Å². The van der Waals surface area contributed by atoms with E-state index < -0.39 is 33.5 Å². The average Bonchev–Trinajstić information content (AvgIpc) is 3.00. The number of carboxylic acids is 1. The number of aliphatic carboxylic acids is 1. The topological polar surface area (TPSA) is 193 Å². The molecule has 0 bridgehead atoms. The van der Waals surface area contributed by atoms with Crippen LogP contribution in [0.5, 0.6) is 5.75 Å². The third kappa shape index (κ3) is 8.59. The number of nitrogens with two attached hydrogens (primary N) is 1. The maximum Gasteiger partial charge on any atom is 0.326 e. The highest BCUT2D eigenvalue weighted by Gasteiger charge is 2.33. The molecule has 2 heterocycles. The lowest BCUT2D eigenvalue weighted by molar-refractivity contribution is -0.139. The maximum absolute atomic E-state index is 13.4. The molecule has 1 aliphatic rings. The Morgan fingerprint density at radius 3 is 2.43 bits per heavy atom. The first kappa shape index (κ1) is 35.2. The van der Waals surface area contributed by atoms with E-state index in [-0.39, 0.29) is 41.4 Å². The summed E-state index contributed by atoms with van der Waals surface area (Å²) in [7, 11) is -4.09. The predicted octanol–water partition coefficient (Wildman–Crippen LogP) is 3.45. The van der Waals surface area contributed by atoms with Crippen LogP contribution in [-0.4, -0.2) is 54.5 Å². The Labute approximate surface area is 274 Å². The summed E-state index contributed by atoms with van der Waals surface area (Å²) in [6.07, 6.45) is 2.83. The minimum absolute atomic E-state index is 0.00516. The number of aliphatic imine (C=N–C) groups is 1. The highest BCUT2D eigenvalue weighted by atomic mass is 32.2. The average molecular weight is 666 g/mol. The van der Waals surface area contributed by atoms with Gasteiger partial charge in [-0.2, -0.15) is 0 Å². The number of carbonyl (C=O) groups is 2. The molecule has 6 N–H and O–H groups in total. The van der Waals surface area contributed by atoms with Crippen molar-refractivity contribution >= 4 is 27.9 Å². The van der Waals surface area contributed by atoms with E-state index in [4.69, 9.17) is 10.5 Å². The van der Waals surface area contributed by atoms with E-state index in [2.05, 4.69) is 20.0 Å². The maximum atomic E-state index is 13.4. The SMILES string of the molecule is Cc1c(C)c(S(=O)(=O)NC(N)=NCCC[C@H](NC(=O)c2ccc(CCc3ccccc3)[nH]c2=O)C(=O)O)c(C)c2c1OC(C)(C)CC2. The summed E-state index contributed by atoms with van der Waals surface area (Å²) in [4.78, 5) is 44.1. The van der Waals surface area contributed by atoms with Crippen molar-refractivity contribution in [1.29, 1.82) is 0 Å². The number of nitrogens with one attached hydrogen (secondary N) is 3. The summed E-state index contributed by atoms with van der Waals surface area (Å²) >= 11 is 0. The Hall–Kier alpha value is -4.65. The molecule has 1 amide bonds. The Balaban J connectivity index is 1.34. The van der Waals surface area contributed by atoms with Crippen LogP contribution in [-0.2, 0) is 34.1 Å². The van der Waals surface area contributed by atoms with Gasteiger partial charge >= 0.3 is 5.97 Å². The first-order valence-electron chi connectivity index (χ1n) is 15.5. The smallest absolute Gasteiger partial charge is 0.326 e. The number of aromatic amines is 1. The van der Waals surface area contributed by atoms with Gasteiger partial charge in [0.15, 0.2) is 0 Å². The fourth-order valence-electron chi connectivity index (χ4n) is 5.72. The van der Waals surface area contributed by atoms with Crippen LogP contribution in [0.2, 0.25) is 0 Å². The number of guanidine groups is 1. The summed E-state index contributed by atoms with van der Waals surface area (Å²) in [5.41, 5.74) is 9.29. The molecule has 1 atom stereocenters. The van der Waals surface area contributed by atoms with Crippen molar-refractivity contribution in [3.8, 4) is 5.75 Å². The number of H-pyrrole nitrogens is 1. The molecule has 13 heteroatoms. The highest BCUT2D eigenvalue weighted by molar-refractivity contribution is 7.90. The van der Waals surface area contributed by atoms with E-state index in [9.17, 15) is 27.9 Å².